The van der Waals surface area contributed by atoms with Crippen LogP contribution in [0.1, 0.15) is 5.69 Å². The van der Waals surface area contributed by atoms with Crippen molar-refractivity contribution in [1.82, 2.24) is 4.98 Å². The lowest BCUT2D eigenvalue weighted by atomic mass is 10.1. The van der Waals surface area contributed by atoms with Crippen LogP contribution in [-0.2, 0) is 11.2 Å². The molecule has 1 N–H and O–H groups in total. The minimum absolute atomic E-state index is 0.181. The van der Waals surface area contributed by atoms with Crippen molar-refractivity contribution in [2.24, 2.45) is 0 Å². The van der Waals surface area contributed by atoms with Gasteiger partial charge in [0.1, 0.15) is 5.82 Å². The van der Waals surface area contributed by atoms with Gasteiger partial charge in [-0.05, 0) is 29.8 Å². The maximum Gasteiger partial charge on any atom is 0.309 e. The number of aliphatic carboxylic acids is 1. The Bertz CT molecular complexity index is 613. The van der Waals surface area contributed by atoms with Gasteiger partial charge >= 0.3 is 5.97 Å². The number of rotatable bonds is 4. The first kappa shape index (κ1) is 13.0. The van der Waals surface area contributed by atoms with Gasteiger partial charge in [-0.15, -0.1) is 0 Å². The number of ether oxygens (including phenoxy) is 1. The average molecular weight is 261 g/mol. The zero-order valence-electron chi connectivity index (χ0n) is 10.3. The van der Waals surface area contributed by atoms with Crippen LogP contribution in [0.4, 0.5) is 4.39 Å². The Balaban J connectivity index is 2.43. The second-order valence-electron chi connectivity index (χ2n) is 3.94. The van der Waals surface area contributed by atoms with Crippen LogP contribution in [0.5, 0.6) is 5.88 Å². The van der Waals surface area contributed by atoms with Gasteiger partial charge in [0.2, 0.25) is 5.88 Å². The fourth-order valence-corrected chi connectivity index (χ4v) is 1.76. The number of hydrogen-bond acceptors (Lipinski definition) is 3. The number of nitrogens with zero attached hydrogens (tertiary/aromatic N) is 1. The van der Waals surface area contributed by atoms with Crippen molar-refractivity contribution in [2.75, 3.05) is 7.11 Å². The van der Waals surface area contributed by atoms with Gasteiger partial charge in [-0.2, -0.15) is 0 Å². The number of pyridine rings is 1. The second-order valence-corrected chi connectivity index (χ2v) is 3.94. The van der Waals surface area contributed by atoms with E-state index in [1.165, 1.54) is 19.2 Å². The molecular formula is C14H12FNO3. The standard InChI is InChI=1S/C14H12FNO3/c1-19-14-12(9-3-2-4-10(15)7-9)6-5-11(16-14)8-13(17)18/h2-7H,8H2,1H3,(H,17,18). The summed E-state index contributed by atoms with van der Waals surface area (Å²) in [5.74, 6) is -1.04. The van der Waals surface area contributed by atoms with Crippen LogP contribution in [0.15, 0.2) is 36.4 Å². The molecule has 0 saturated carbocycles. The van der Waals surface area contributed by atoms with Gasteiger partial charge in [-0.3, -0.25) is 4.79 Å². The average Bonchev–Trinajstić information content (AvgIpc) is 2.37. The molecule has 98 valence electrons. The molecule has 5 heteroatoms. The van der Waals surface area contributed by atoms with Crippen molar-refractivity contribution in [1.29, 1.82) is 0 Å². The number of aromatic nitrogens is 1. The smallest absolute Gasteiger partial charge is 0.309 e. The third-order valence-corrected chi connectivity index (χ3v) is 2.58. The first-order valence-electron chi connectivity index (χ1n) is 5.62. The summed E-state index contributed by atoms with van der Waals surface area (Å²) in [5, 5.41) is 8.72. The maximum absolute atomic E-state index is 13.2. The Hall–Kier alpha value is -2.43. The number of hydrogen-bond donors (Lipinski definition) is 1. The van der Waals surface area contributed by atoms with E-state index in [9.17, 15) is 9.18 Å². The van der Waals surface area contributed by atoms with Gasteiger partial charge in [0, 0.05) is 5.56 Å². The zero-order valence-corrected chi connectivity index (χ0v) is 10.3. The van der Waals surface area contributed by atoms with E-state index in [4.69, 9.17) is 9.84 Å². The van der Waals surface area contributed by atoms with Crippen molar-refractivity contribution >= 4 is 5.97 Å². The largest absolute Gasteiger partial charge is 0.481 e. The van der Waals surface area contributed by atoms with Gasteiger partial charge in [-0.25, -0.2) is 9.37 Å². The van der Waals surface area contributed by atoms with E-state index in [1.807, 2.05) is 0 Å². The van der Waals surface area contributed by atoms with Gasteiger partial charge in [0.15, 0.2) is 0 Å². The summed E-state index contributed by atoms with van der Waals surface area (Å²) in [6, 6.07) is 9.32. The second kappa shape index (κ2) is 5.48. The van der Waals surface area contributed by atoms with Crippen LogP contribution in [0.2, 0.25) is 0 Å². The molecule has 1 aromatic heterocycles. The number of halogens is 1. The Morgan fingerprint density at radius 2 is 2.16 bits per heavy atom. The molecule has 0 aliphatic heterocycles. The highest BCUT2D eigenvalue weighted by atomic mass is 19.1. The molecule has 0 amide bonds. The number of carbonyl (C=O) groups is 1. The van der Waals surface area contributed by atoms with E-state index in [0.717, 1.165) is 0 Å². The molecule has 19 heavy (non-hydrogen) atoms. The van der Waals surface area contributed by atoms with Crippen molar-refractivity contribution < 1.29 is 19.0 Å². The lowest BCUT2D eigenvalue weighted by molar-refractivity contribution is -0.136. The van der Waals surface area contributed by atoms with E-state index in [2.05, 4.69) is 4.98 Å². The van der Waals surface area contributed by atoms with Crippen LogP contribution in [0.3, 0.4) is 0 Å². The lowest BCUT2D eigenvalue weighted by Gasteiger charge is -2.09. The van der Waals surface area contributed by atoms with E-state index >= 15 is 0 Å². The minimum Gasteiger partial charge on any atom is -0.481 e. The topological polar surface area (TPSA) is 59.4 Å². The molecule has 4 nitrogen and oxygen atoms in total. The Labute approximate surface area is 109 Å². The molecule has 0 radical (unpaired) electrons. The zero-order chi connectivity index (χ0) is 13.8. The molecule has 1 heterocycles. The lowest BCUT2D eigenvalue weighted by Crippen LogP contribution is -2.03. The van der Waals surface area contributed by atoms with Crippen LogP contribution in [-0.4, -0.2) is 23.2 Å². The normalized spacial score (nSPS) is 10.2. The first-order valence-corrected chi connectivity index (χ1v) is 5.62. The number of methoxy groups -OCH3 is 1. The highest BCUT2D eigenvalue weighted by molar-refractivity contribution is 5.72. The molecule has 0 saturated heterocycles. The third-order valence-electron chi connectivity index (χ3n) is 2.58. The molecule has 2 rings (SSSR count). The van der Waals surface area contributed by atoms with Crippen molar-refractivity contribution in [2.45, 2.75) is 6.42 Å². The third kappa shape index (κ3) is 3.07. The Morgan fingerprint density at radius 3 is 2.79 bits per heavy atom. The van der Waals surface area contributed by atoms with Crippen LogP contribution >= 0.6 is 0 Å². The summed E-state index contributed by atoms with van der Waals surface area (Å²) in [7, 11) is 1.44. The summed E-state index contributed by atoms with van der Waals surface area (Å²) >= 11 is 0. The quantitative estimate of drug-likeness (QED) is 0.918. The predicted molar refractivity (Wildman–Crippen MR) is 67.5 cm³/mol. The van der Waals surface area contributed by atoms with E-state index in [-0.39, 0.29) is 18.1 Å². The monoisotopic (exact) mass is 261 g/mol. The first-order chi connectivity index (χ1) is 9.10. The van der Waals surface area contributed by atoms with E-state index < -0.39 is 5.97 Å². The summed E-state index contributed by atoms with van der Waals surface area (Å²) in [6.07, 6.45) is -0.181. The molecule has 0 atom stereocenters. The fraction of sp³-hybridized carbons (Fsp3) is 0.143. The molecule has 0 unspecified atom stereocenters. The van der Waals surface area contributed by atoms with Crippen molar-refractivity contribution in [3.05, 3.63) is 47.9 Å². The van der Waals surface area contributed by atoms with E-state index in [0.29, 0.717) is 16.8 Å². The van der Waals surface area contributed by atoms with Crippen molar-refractivity contribution in [3.8, 4) is 17.0 Å². The highest BCUT2D eigenvalue weighted by Gasteiger charge is 2.11. The SMILES string of the molecule is COc1nc(CC(=O)O)ccc1-c1cccc(F)c1. The van der Waals surface area contributed by atoms with Crippen LogP contribution < -0.4 is 4.74 Å². The van der Waals surface area contributed by atoms with Gasteiger partial charge in [0.25, 0.3) is 0 Å². The fourth-order valence-electron chi connectivity index (χ4n) is 1.76. The number of benzene rings is 1. The van der Waals surface area contributed by atoms with Crippen LogP contribution in [0.25, 0.3) is 11.1 Å². The number of carboxylic acid groups (broad SMARTS) is 1. The molecule has 2 aromatic rings. The molecule has 0 spiro atoms. The number of carboxylic acids is 1. The molecule has 0 fully saturated rings. The minimum atomic E-state index is -0.965. The molecule has 1 aromatic carbocycles. The molecule has 0 aliphatic rings. The van der Waals surface area contributed by atoms with Gasteiger partial charge in [-0.1, -0.05) is 12.1 Å². The van der Waals surface area contributed by atoms with Crippen molar-refractivity contribution in [3.63, 3.8) is 0 Å². The Morgan fingerprint density at radius 1 is 1.37 bits per heavy atom. The van der Waals surface area contributed by atoms with Crippen LogP contribution in [0, 0.1) is 5.82 Å². The molecular weight excluding hydrogens is 249 g/mol. The predicted octanol–water partition coefficient (Wildman–Crippen LogP) is 2.52. The maximum atomic E-state index is 13.2. The van der Waals surface area contributed by atoms with Gasteiger partial charge in [0.05, 0.1) is 19.2 Å². The molecule has 0 aliphatic carbocycles. The van der Waals surface area contributed by atoms with E-state index in [1.54, 1.807) is 24.3 Å². The summed E-state index contributed by atoms with van der Waals surface area (Å²) in [5.41, 5.74) is 1.65. The highest BCUT2D eigenvalue weighted by Crippen LogP contribution is 2.28. The Kier molecular flexibility index (Phi) is 3.75. The summed E-state index contributed by atoms with van der Waals surface area (Å²) < 4.78 is 18.3. The molecule has 0 bridgehead atoms. The summed E-state index contributed by atoms with van der Waals surface area (Å²) in [6.45, 7) is 0. The summed E-state index contributed by atoms with van der Waals surface area (Å²) in [4.78, 5) is 14.7. The van der Waals surface area contributed by atoms with Gasteiger partial charge < -0.3 is 9.84 Å².